The van der Waals surface area contributed by atoms with Crippen LogP contribution in [0.4, 0.5) is 13.6 Å². The van der Waals surface area contributed by atoms with Gasteiger partial charge in [0.25, 0.3) is 0 Å². The van der Waals surface area contributed by atoms with E-state index in [0.29, 0.717) is 38.9 Å². The minimum Gasteiger partial charge on any atom is -0.435 e. The first-order valence-corrected chi connectivity index (χ1v) is 10.5. The van der Waals surface area contributed by atoms with Crippen molar-refractivity contribution in [2.75, 3.05) is 25.4 Å². The van der Waals surface area contributed by atoms with Crippen molar-refractivity contribution in [3.05, 3.63) is 29.8 Å². The number of sulfonamides is 1. The van der Waals surface area contributed by atoms with E-state index in [1.165, 1.54) is 16.4 Å². The third-order valence-corrected chi connectivity index (χ3v) is 6.28. The van der Waals surface area contributed by atoms with Crippen molar-refractivity contribution >= 4 is 16.1 Å². The van der Waals surface area contributed by atoms with Crippen LogP contribution in [0.3, 0.4) is 0 Å². The lowest BCUT2D eigenvalue weighted by atomic mass is 10.1. The quantitative estimate of drug-likeness (QED) is 0.692. The molecule has 0 atom stereocenters. The predicted molar refractivity (Wildman–Crippen MR) is 97.4 cm³/mol. The van der Waals surface area contributed by atoms with E-state index >= 15 is 0 Å². The smallest absolute Gasteiger partial charge is 0.387 e. The van der Waals surface area contributed by atoms with Gasteiger partial charge in [0, 0.05) is 25.7 Å². The summed E-state index contributed by atoms with van der Waals surface area (Å²) in [4.78, 5) is 12.0. The van der Waals surface area contributed by atoms with Crippen LogP contribution in [0.15, 0.2) is 24.3 Å². The summed E-state index contributed by atoms with van der Waals surface area (Å²) in [6.07, 6.45) is 1.71. The van der Waals surface area contributed by atoms with Gasteiger partial charge in [-0.2, -0.15) is 8.78 Å². The van der Waals surface area contributed by atoms with E-state index < -0.39 is 16.6 Å². The number of rotatable bonds is 8. The van der Waals surface area contributed by atoms with Crippen molar-refractivity contribution in [1.29, 1.82) is 0 Å². The Bertz CT molecular complexity index is 705. The Morgan fingerprint density at radius 1 is 1.26 bits per heavy atom. The van der Waals surface area contributed by atoms with Crippen LogP contribution >= 0.6 is 0 Å². The minimum atomic E-state index is -3.17. The molecule has 2 N–H and O–H groups in total. The Balaban J connectivity index is 1.67. The van der Waals surface area contributed by atoms with Gasteiger partial charge in [-0.3, -0.25) is 0 Å². The van der Waals surface area contributed by atoms with Gasteiger partial charge in [0.05, 0.1) is 5.75 Å². The van der Waals surface area contributed by atoms with Gasteiger partial charge in [-0.1, -0.05) is 12.1 Å². The molecule has 1 fully saturated rings. The summed E-state index contributed by atoms with van der Waals surface area (Å²) >= 11 is 0. The summed E-state index contributed by atoms with van der Waals surface area (Å²) in [5.74, 6) is 0.178. The van der Waals surface area contributed by atoms with Crippen molar-refractivity contribution in [3.8, 4) is 5.75 Å². The zero-order valence-electron chi connectivity index (χ0n) is 15.2. The number of benzene rings is 1. The summed E-state index contributed by atoms with van der Waals surface area (Å²) in [5, 5.41) is 5.60. The second kappa shape index (κ2) is 9.84. The fourth-order valence-electron chi connectivity index (χ4n) is 2.86. The second-order valence-corrected chi connectivity index (χ2v) is 8.50. The molecule has 1 aliphatic rings. The number of amides is 2. The second-order valence-electron chi connectivity index (χ2n) is 6.25. The van der Waals surface area contributed by atoms with Crippen LogP contribution in [0.5, 0.6) is 5.75 Å². The maximum atomic E-state index is 12.1. The standard InChI is InChI=1S/C17H25F2N3O4S/c1-2-27(24,25)22-11-8-14(9-12-22)21-17(23)20-10-7-13-3-5-15(6-4-13)26-16(18)19/h3-6,14,16H,2,7-12H2,1H3,(H2,20,21,23). The topological polar surface area (TPSA) is 87.7 Å². The van der Waals surface area contributed by atoms with E-state index in [4.69, 9.17) is 0 Å². The number of halogens is 2. The highest BCUT2D eigenvalue weighted by Crippen LogP contribution is 2.15. The number of carbonyl (C=O) groups excluding carboxylic acids is 1. The number of hydrogen-bond donors (Lipinski definition) is 2. The lowest BCUT2D eigenvalue weighted by Crippen LogP contribution is -2.49. The Kier molecular flexibility index (Phi) is 7.78. The van der Waals surface area contributed by atoms with Gasteiger partial charge in [-0.25, -0.2) is 17.5 Å². The summed E-state index contributed by atoms with van der Waals surface area (Å²) in [6.45, 7) is -0.0196. The molecular weight excluding hydrogens is 380 g/mol. The molecule has 2 rings (SSSR count). The Labute approximate surface area is 158 Å². The van der Waals surface area contributed by atoms with Gasteiger partial charge >= 0.3 is 12.6 Å². The molecule has 1 heterocycles. The van der Waals surface area contributed by atoms with Crippen LogP contribution < -0.4 is 15.4 Å². The van der Waals surface area contributed by atoms with E-state index in [9.17, 15) is 22.0 Å². The van der Waals surface area contributed by atoms with Gasteiger partial charge in [0.2, 0.25) is 10.0 Å². The van der Waals surface area contributed by atoms with Gasteiger partial charge in [-0.05, 0) is 43.9 Å². The fraction of sp³-hybridized carbons (Fsp3) is 0.588. The Morgan fingerprint density at radius 2 is 1.89 bits per heavy atom. The lowest BCUT2D eigenvalue weighted by molar-refractivity contribution is -0.0498. The molecule has 1 aliphatic heterocycles. The van der Waals surface area contributed by atoms with Crippen molar-refractivity contribution in [1.82, 2.24) is 14.9 Å². The van der Waals surface area contributed by atoms with Crippen LogP contribution in [-0.4, -0.2) is 56.8 Å². The van der Waals surface area contributed by atoms with Crippen molar-refractivity contribution in [2.45, 2.75) is 38.8 Å². The number of urea groups is 1. The maximum Gasteiger partial charge on any atom is 0.387 e. The third-order valence-electron chi connectivity index (χ3n) is 4.40. The number of nitrogens with zero attached hydrogens (tertiary/aromatic N) is 1. The molecule has 7 nitrogen and oxygen atoms in total. The van der Waals surface area contributed by atoms with Gasteiger partial charge in [0.1, 0.15) is 5.75 Å². The highest BCUT2D eigenvalue weighted by Gasteiger charge is 2.27. The van der Waals surface area contributed by atoms with E-state index in [2.05, 4.69) is 15.4 Å². The normalized spacial score (nSPS) is 16.3. The zero-order valence-corrected chi connectivity index (χ0v) is 16.0. The predicted octanol–water partition coefficient (Wildman–Crippen LogP) is 1.94. The molecule has 0 saturated carbocycles. The fourth-order valence-corrected chi connectivity index (χ4v) is 3.99. The largest absolute Gasteiger partial charge is 0.435 e. The van der Waals surface area contributed by atoms with Gasteiger partial charge in [-0.15, -0.1) is 0 Å². The molecule has 1 saturated heterocycles. The lowest BCUT2D eigenvalue weighted by Gasteiger charge is -2.31. The van der Waals surface area contributed by atoms with Crippen LogP contribution in [0.1, 0.15) is 25.3 Å². The van der Waals surface area contributed by atoms with E-state index in [1.807, 2.05) is 0 Å². The highest BCUT2D eigenvalue weighted by atomic mass is 32.2. The Morgan fingerprint density at radius 3 is 2.44 bits per heavy atom. The molecule has 27 heavy (non-hydrogen) atoms. The number of alkyl halides is 2. The molecule has 10 heteroatoms. The van der Waals surface area contributed by atoms with E-state index in [1.54, 1.807) is 19.1 Å². The SMILES string of the molecule is CCS(=O)(=O)N1CCC(NC(=O)NCCc2ccc(OC(F)F)cc2)CC1. The average molecular weight is 405 g/mol. The molecule has 2 amide bonds. The molecule has 0 unspecified atom stereocenters. The van der Waals surface area contributed by atoms with E-state index in [-0.39, 0.29) is 23.6 Å². The first kappa shape index (κ1) is 21.4. The number of nitrogens with one attached hydrogen (secondary N) is 2. The van der Waals surface area contributed by atoms with Crippen molar-refractivity contribution < 1.29 is 26.7 Å². The summed E-state index contributed by atoms with van der Waals surface area (Å²) in [5.41, 5.74) is 0.884. The van der Waals surface area contributed by atoms with E-state index in [0.717, 1.165) is 5.56 Å². The summed E-state index contributed by atoms with van der Waals surface area (Å²) in [6, 6.07) is 5.89. The maximum absolute atomic E-state index is 12.1. The first-order valence-electron chi connectivity index (χ1n) is 8.86. The molecule has 0 aliphatic carbocycles. The van der Waals surface area contributed by atoms with Crippen LogP contribution in [-0.2, 0) is 16.4 Å². The van der Waals surface area contributed by atoms with Crippen molar-refractivity contribution in [3.63, 3.8) is 0 Å². The molecule has 1 aromatic rings. The number of carbonyl (C=O) groups is 1. The molecule has 0 spiro atoms. The minimum absolute atomic E-state index is 0.0564. The van der Waals surface area contributed by atoms with Crippen LogP contribution in [0.2, 0.25) is 0 Å². The zero-order chi connectivity index (χ0) is 19.9. The van der Waals surface area contributed by atoms with Gasteiger partial charge < -0.3 is 15.4 Å². The molecule has 0 aromatic heterocycles. The number of ether oxygens (including phenoxy) is 1. The Hall–Kier alpha value is -1.94. The van der Waals surface area contributed by atoms with Crippen LogP contribution in [0, 0.1) is 0 Å². The molecular formula is C17H25F2N3O4S. The van der Waals surface area contributed by atoms with Crippen molar-refractivity contribution in [2.24, 2.45) is 0 Å². The monoisotopic (exact) mass is 405 g/mol. The molecule has 0 radical (unpaired) electrons. The molecule has 1 aromatic carbocycles. The summed E-state index contributed by atoms with van der Waals surface area (Å²) in [7, 11) is -3.17. The van der Waals surface area contributed by atoms with Gasteiger partial charge in [0.15, 0.2) is 0 Å². The summed E-state index contributed by atoms with van der Waals surface area (Å²) < 4.78 is 53.6. The highest BCUT2D eigenvalue weighted by molar-refractivity contribution is 7.89. The average Bonchev–Trinajstić information content (AvgIpc) is 2.63. The molecule has 152 valence electrons. The number of piperidine rings is 1. The number of hydrogen-bond acceptors (Lipinski definition) is 4. The van der Waals surface area contributed by atoms with Crippen LogP contribution in [0.25, 0.3) is 0 Å². The first-order chi connectivity index (χ1) is 12.8. The molecule has 0 bridgehead atoms. The third kappa shape index (κ3) is 6.94.